The zero-order valence-corrected chi connectivity index (χ0v) is 29.0. The highest BCUT2D eigenvalue weighted by molar-refractivity contribution is 7.98. The summed E-state index contributed by atoms with van der Waals surface area (Å²) in [7, 11) is 0. The van der Waals surface area contributed by atoms with Crippen LogP contribution in [0.5, 0.6) is 0 Å². The number of hydrogen-bond acceptors (Lipinski definition) is 10. The first-order valence-corrected chi connectivity index (χ1v) is 16.5. The summed E-state index contributed by atoms with van der Waals surface area (Å²) in [5.41, 5.74) is 6.47. The van der Waals surface area contributed by atoms with Crippen LogP contribution in [0.15, 0.2) is 53.4 Å². The molecule has 14 heteroatoms. The highest BCUT2D eigenvalue weighted by Gasteiger charge is 2.50. The Morgan fingerprint density at radius 3 is 2.00 bits per heavy atom. The van der Waals surface area contributed by atoms with Crippen molar-refractivity contribution >= 4 is 63.6 Å². The van der Waals surface area contributed by atoms with Gasteiger partial charge in [-0.1, -0.05) is 44.2 Å². The summed E-state index contributed by atoms with van der Waals surface area (Å²) in [5, 5.41) is 11.7. The van der Waals surface area contributed by atoms with Gasteiger partial charge in [0.2, 0.25) is 5.91 Å². The number of nitrogens with zero attached hydrogens (tertiary/aromatic N) is 1. The highest BCUT2D eigenvalue weighted by atomic mass is 32.2. The fourth-order valence-electron chi connectivity index (χ4n) is 4.14. The summed E-state index contributed by atoms with van der Waals surface area (Å²) < 4.78 is 11.1. The molecule has 0 spiro atoms. The minimum absolute atomic E-state index is 0.283. The van der Waals surface area contributed by atoms with E-state index in [1.54, 1.807) is 65.4 Å². The summed E-state index contributed by atoms with van der Waals surface area (Å²) in [5.74, 6) is -2.53. The molecule has 3 aromatic rings. The fourth-order valence-corrected chi connectivity index (χ4v) is 5.50. The molecule has 0 aliphatic carbocycles. The molecule has 46 heavy (non-hydrogen) atoms. The molecule has 12 nitrogen and oxygen atoms in total. The lowest BCUT2D eigenvalue weighted by Gasteiger charge is -2.42. The van der Waals surface area contributed by atoms with Crippen LogP contribution in [-0.2, 0) is 27.1 Å². The van der Waals surface area contributed by atoms with Gasteiger partial charge in [-0.05, 0) is 81.8 Å². The van der Waals surface area contributed by atoms with E-state index in [2.05, 4.69) is 26.3 Å². The number of carbonyl (C=O) groups is 4. The van der Waals surface area contributed by atoms with Gasteiger partial charge in [0.25, 0.3) is 5.91 Å². The maximum atomic E-state index is 13.2. The Kier molecular flexibility index (Phi) is 11.7. The molecule has 3 rings (SSSR count). The van der Waals surface area contributed by atoms with Gasteiger partial charge in [0.15, 0.2) is 5.13 Å². The van der Waals surface area contributed by atoms with Crippen LogP contribution in [0.25, 0.3) is 0 Å². The van der Waals surface area contributed by atoms with Crippen LogP contribution in [0, 0.1) is 5.41 Å². The largest absolute Gasteiger partial charge is 0.412 e. The van der Waals surface area contributed by atoms with Crippen LogP contribution in [0.3, 0.4) is 0 Å². The second-order valence-corrected chi connectivity index (χ2v) is 14.4. The summed E-state index contributed by atoms with van der Waals surface area (Å²) in [6.07, 6.45) is 1.00. The molecular formula is C32H42N6O6S2. The molecule has 1 atom stereocenters. The Bertz CT molecular complexity index is 1540. The molecule has 1 heterocycles. The summed E-state index contributed by atoms with van der Waals surface area (Å²) in [6, 6.07) is 14.7. The summed E-state index contributed by atoms with van der Waals surface area (Å²) in [4.78, 5) is 55.6. The summed E-state index contributed by atoms with van der Waals surface area (Å²) in [6.45, 7) is 12.0. The van der Waals surface area contributed by atoms with E-state index >= 15 is 0 Å². The Hall–Kier alpha value is -4.30. The third-order valence-electron chi connectivity index (χ3n) is 6.39. The van der Waals surface area contributed by atoms with Crippen LogP contribution in [0.2, 0.25) is 0 Å². The minimum Gasteiger partial charge on any atom is -0.387 e. The van der Waals surface area contributed by atoms with Crippen LogP contribution < -0.4 is 27.0 Å². The molecule has 1 unspecified atom stereocenters. The maximum absolute atomic E-state index is 13.2. The van der Waals surface area contributed by atoms with E-state index in [1.807, 2.05) is 42.7 Å². The van der Waals surface area contributed by atoms with Gasteiger partial charge in [-0.25, -0.2) is 14.6 Å². The fraction of sp³-hybridized carbons (Fsp3) is 0.406. The number of anilines is 3. The van der Waals surface area contributed by atoms with Gasteiger partial charge in [-0.2, -0.15) is 0 Å². The second kappa shape index (κ2) is 14.9. The molecule has 0 saturated heterocycles. The van der Waals surface area contributed by atoms with Gasteiger partial charge in [0.05, 0.1) is 11.1 Å². The van der Waals surface area contributed by atoms with E-state index in [1.165, 1.54) is 6.92 Å². The van der Waals surface area contributed by atoms with E-state index < -0.39 is 29.1 Å². The van der Waals surface area contributed by atoms with E-state index in [9.17, 15) is 19.2 Å². The van der Waals surface area contributed by atoms with E-state index in [-0.39, 0.29) is 11.8 Å². The predicted octanol–water partition coefficient (Wildman–Crippen LogP) is 6.59. The van der Waals surface area contributed by atoms with Crippen molar-refractivity contribution in [3.05, 3.63) is 64.7 Å². The third kappa shape index (κ3) is 10.4. The lowest BCUT2D eigenvalue weighted by Crippen LogP contribution is -2.59. The zero-order chi connectivity index (χ0) is 34.3. The molecule has 0 fully saturated rings. The summed E-state index contributed by atoms with van der Waals surface area (Å²) >= 11 is 2.72. The van der Waals surface area contributed by atoms with E-state index in [0.29, 0.717) is 39.9 Å². The molecule has 0 bridgehead atoms. The van der Waals surface area contributed by atoms with Gasteiger partial charge in [0, 0.05) is 28.7 Å². The number of aryl methyl sites for hydroxylation is 2. The molecule has 248 valence electrons. The number of thioether (sulfide) groups is 1. The molecular weight excluding hydrogens is 629 g/mol. The lowest BCUT2D eigenvalue weighted by molar-refractivity contribution is -0.202. The smallest absolute Gasteiger partial charge is 0.387 e. The molecule has 0 aliphatic heterocycles. The van der Waals surface area contributed by atoms with Crippen LogP contribution in [0.4, 0.5) is 26.1 Å². The number of nitrogens with one attached hydrogen (secondary N) is 4. The average molecular weight is 671 g/mol. The molecule has 6 N–H and O–H groups in total. The van der Waals surface area contributed by atoms with E-state index in [0.717, 1.165) is 21.8 Å². The number of primary amides is 1. The van der Waals surface area contributed by atoms with Crippen molar-refractivity contribution in [2.24, 2.45) is 11.1 Å². The molecule has 2 aromatic carbocycles. The molecule has 0 saturated carbocycles. The van der Waals surface area contributed by atoms with Gasteiger partial charge >= 0.3 is 18.1 Å². The highest BCUT2D eigenvalue weighted by Crippen LogP contribution is 2.37. The first-order valence-electron chi connectivity index (χ1n) is 14.5. The quantitative estimate of drug-likeness (QED) is 0.111. The monoisotopic (exact) mass is 670 g/mol. The van der Waals surface area contributed by atoms with Crippen molar-refractivity contribution in [1.82, 2.24) is 10.3 Å². The van der Waals surface area contributed by atoms with Crippen LogP contribution >= 0.6 is 23.1 Å². The molecule has 0 aliphatic rings. The Morgan fingerprint density at radius 1 is 0.870 bits per heavy atom. The van der Waals surface area contributed by atoms with Crippen molar-refractivity contribution in [2.45, 2.75) is 77.7 Å². The number of rotatable bonds is 11. The van der Waals surface area contributed by atoms with Crippen molar-refractivity contribution in [1.29, 1.82) is 0 Å². The van der Waals surface area contributed by atoms with Crippen molar-refractivity contribution < 1.29 is 28.7 Å². The minimum atomic E-state index is -1.94. The van der Waals surface area contributed by atoms with Crippen molar-refractivity contribution in [2.75, 3.05) is 22.2 Å². The number of aromatic nitrogens is 1. The Labute approximate surface area is 277 Å². The number of thiazole rings is 1. The standard InChI is InChI=1S/C32H42N6O6S2/c1-19(39)34-28-36-24(25(46-28)26(40)35-21-14-16-23(45-8)17-15-21)18-11-20-9-12-22(13-10-20)37-32(30(2,3)4,43-27(33)41)44-29(42)38-31(5,6)7/h9-10,12-17,37H,11,18H2,1-8H3,(H2,33,41)(H,35,40)(H,38,42)(H,34,36,39). The van der Waals surface area contributed by atoms with Gasteiger partial charge < -0.3 is 36.5 Å². The topological polar surface area (TPSA) is 174 Å². The first-order chi connectivity index (χ1) is 21.4. The number of hydrogen-bond donors (Lipinski definition) is 5. The molecule has 0 radical (unpaired) electrons. The maximum Gasteiger partial charge on any atom is 0.412 e. The zero-order valence-electron chi connectivity index (χ0n) is 27.3. The Morgan fingerprint density at radius 2 is 1.48 bits per heavy atom. The Balaban J connectivity index is 1.80. The average Bonchev–Trinajstić information content (AvgIpc) is 3.33. The number of alkyl carbamates (subject to hydrolysis) is 1. The van der Waals surface area contributed by atoms with Crippen molar-refractivity contribution in [3.8, 4) is 0 Å². The number of amides is 4. The van der Waals surface area contributed by atoms with Crippen LogP contribution in [-0.4, -0.2) is 46.7 Å². The SMILES string of the molecule is CSc1ccc(NC(=O)c2sc(NC(C)=O)nc2CCc2ccc(NC(OC(N)=O)(OC(=O)NC(C)(C)C)C(C)(C)C)cc2)cc1. The predicted molar refractivity (Wildman–Crippen MR) is 182 cm³/mol. The molecule has 4 amide bonds. The van der Waals surface area contributed by atoms with Gasteiger partial charge in [-0.15, -0.1) is 11.8 Å². The van der Waals surface area contributed by atoms with Crippen molar-refractivity contribution in [3.63, 3.8) is 0 Å². The number of ether oxygens (including phenoxy) is 2. The van der Waals surface area contributed by atoms with Gasteiger partial charge in [0.1, 0.15) is 4.88 Å². The normalized spacial score (nSPS) is 12.8. The lowest BCUT2D eigenvalue weighted by atomic mass is 9.90. The number of nitrogens with two attached hydrogens (primary N) is 1. The number of carbonyl (C=O) groups excluding carboxylic acids is 4. The third-order valence-corrected chi connectivity index (χ3v) is 8.15. The van der Waals surface area contributed by atoms with Gasteiger partial charge in [-0.3, -0.25) is 9.59 Å². The molecule has 1 aromatic heterocycles. The van der Waals surface area contributed by atoms with Crippen LogP contribution in [0.1, 0.15) is 69.4 Å². The number of benzene rings is 2. The first kappa shape index (κ1) is 36.2. The second-order valence-electron chi connectivity index (χ2n) is 12.5. The van der Waals surface area contributed by atoms with E-state index in [4.69, 9.17) is 15.2 Å².